The number of methoxy groups -OCH3 is 1. The molecule has 3 aromatic carbocycles. The lowest BCUT2D eigenvalue weighted by Gasteiger charge is -2.06. The van der Waals surface area contributed by atoms with Crippen LogP contribution >= 0.6 is 11.6 Å². The van der Waals surface area contributed by atoms with Crippen molar-refractivity contribution in [1.82, 2.24) is 5.43 Å². The molecular weight excluding hydrogens is 456 g/mol. The molecule has 0 atom stereocenters. The molecule has 0 radical (unpaired) electrons. The molecule has 0 bridgehead atoms. The Labute approximate surface area is 202 Å². The van der Waals surface area contributed by atoms with Crippen LogP contribution in [0.15, 0.2) is 77.9 Å². The average Bonchev–Trinajstić information content (AvgIpc) is 2.85. The molecule has 0 heterocycles. The zero-order valence-electron chi connectivity index (χ0n) is 18.7. The van der Waals surface area contributed by atoms with Gasteiger partial charge >= 0.3 is 5.97 Å². The lowest BCUT2D eigenvalue weighted by molar-refractivity contribution is -0.129. The largest absolute Gasteiger partial charge is 0.497 e. The van der Waals surface area contributed by atoms with Crippen molar-refractivity contribution in [1.29, 1.82) is 0 Å². The van der Waals surface area contributed by atoms with Crippen LogP contribution in [0.2, 0.25) is 5.02 Å². The maximum atomic E-state index is 12.0. The van der Waals surface area contributed by atoms with E-state index in [1.54, 1.807) is 67.8 Å². The van der Waals surface area contributed by atoms with Gasteiger partial charge < -0.3 is 14.2 Å². The molecule has 8 heteroatoms. The van der Waals surface area contributed by atoms with Gasteiger partial charge in [0.05, 0.1) is 13.3 Å². The molecule has 34 heavy (non-hydrogen) atoms. The molecule has 1 N–H and O–H groups in total. The van der Waals surface area contributed by atoms with E-state index < -0.39 is 11.9 Å². The first kappa shape index (κ1) is 24.5. The second-order valence-corrected chi connectivity index (χ2v) is 7.50. The summed E-state index contributed by atoms with van der Waals surface area (Å²) >= 11 is 5.97. The van der Waals surface area contributed by atoms with Gasteiger partial charge in [-0.2, -0.15) is 5.10 Å². The highest BCUT2D eigenvalue weighted by atomic mass is 35.5. The monoisotopic (exact) mass is 478 g/mol. The van der Waals surface area contributed by atoms with Gasteiger partial charge in [-0.05, 0) is 84.3 Å². The first-order valence-electron chi connectivity index (χ1n) is 10.3. The average molecular weight is 479 g/mol. The van der Waals surface area contributed by atoms with E-state index >= 15 is 0 Å². The van der Waals surface area contributed by atoms with E-state index in [0.717, 1.165) is 16.9 Å². The number of halogens is 1. The predicted molar refractivity (Wildman–Crippen MR) is 132 cm³/mol. The Morgan fingerprint density at radius 1 is 0.941 bits per heavy atom. The summed E-state index contributed by atoms with van der Waals surface area (Å²) in [6.45, 7) is 1.67. The highest BCUT2D eigenvalue weighted by Crippen LogP contribution is 2.21. The van der Waals surface area contributed by atoms with Gasteiger partial charge in [0.1, 0.15) is 17.2 Å². The second-order valence-electron chi connectivity index (χ2n) is 7.09. The van der Waals surface area contributed by atoms with Crippen molar-refractivity contribution in [3.63, 3.8) is 0 Å². The third-order valence-corrected chi connectivity index (χ3v) is 4.95. The van der Waals surface area contributed by atoms with Crippen molar-refractivity contribution in [2.45, 2.75) is 6.92 Å². The summed E-state index contributed by atoms with van der Waals surface area (Å²) in [6.07, 6.45) is 4.48. The van der Waals surface area contributed by atoms with Crippen LogP contribution in [0.3, 0.4) is 0 Å². The standard InChI is InChI=1S/C26H23ClN2O5/c1-18-15-23(12-13-24(18)27)33-17-25(30)29-28-16-20-5-10-22(11-6-20)34-26(31)14-7-19-3-8-21(32-2)9-4-19/h3-16H,17H2,1-2H3,(H,29,30)/b14-7+,28-16+. The highest BCUT2D eigenvalue weighted by molar-refractivity contribution is 6.31. The summed E-state index contributed by atoms with van der Waals surface area (Å²) in [4.78, 5) is 23.9. The minimum atomic E-state index is -0.500. The van der Waals surface area contributed by atoms with Crippen LogP contribution in [-0.2, 0) is 9.59 Å². The molecule has 0 saturated carbocycles. The van der Waals surface area contributed by atoms with Crippen molar-refractivity contribution in [2.24, 2.45) is 5.10 Å². The number of rotatable bonds is 9. The number of carbonyl (C=O) groups excluding carboxylic acids is 2. The van der Waals surface area contributed by atoms with E-state index in [9.17, 15) is 9.59 Å². The molecule has 0 aliphatic heterocycles. The molecule has 1 amide bonds. The van der Waals surface area contributed by atoms with Gasteiger partial charge in [-0.3, -0.25) is 4.79 Å². The third-order valence-electron chi connectivity index (χ3n) is 4.53. The summed E-state index contributed by atoms with van der Waals surface area (Å²) in [6, 6.07) is 19.1. The fraction of sp³-hybridized carbons (Fsp3) is 0.115. The van der Waals surface area contributed by atoms with E-state index in [1.165, 1.54) is 12.3 Å². The minimum absolute atomic E-state index is 0.183. The third kappa shape index (κ3) is 7.79. The Hall–Kier alpha value is -4.10. The van der Waals surface area contributed by atoms with Gasteiger partial charge in [0.2, 0.25) is 0 Å². The smallest absolute Gasteiger partial charge is 0.336 e. The molecule has 3 rings (SSSR count). The first-order chi connectivity index (χ1) is 16.4. The topological polar surface area (TPSA) is 86.2 Å². The van der Waals surface area contributed by atoms with E-state index in [2.05, 4.69) is 10.5 Å². The number of hydrazone groups is 1. The lowest BCUT2D eigenvalue weighted by atomic mass is 10.2. The molecule has 7 nitrogen and oxygen atoms in total. The Morgan fingerprint density at radius 3 is 2.26 bits per heavy atom. The SMILES string of the molecule is COc1ccc(/C=C/C(=O)Oc2ccc(/C=N/NC(=O)COc3ccc(Cl)c(C)c3)cc2)cc1. The molecule has 0 aromatic heterocycles. The fourth-order valence-electron chi connectivity index (χ4n) is 2.72. The molecule has 0 fully saturated rings. The normalized spacial score (nSPS) is 10.9. The lowest BCUT2D eigenvalue weighted by Crippen LogP contribution is -2.24. The zero-order valence-corrected chi connectivity index (χ0v) is 19.4. The van der Waals surface area contributed by atoms with Crippen molar-refractivity contribution in [3.05, 3.63) is 94.5 Å². The highest BCUT2D eigenvalue weighted by Gasteiger charge is 2.04. The van der Waals surface area contributed by atoms with E-state index in [0.29, 0.717) is 22.1 Å². The molecule has 0 aliphatic rings. The van der Waals surface area contributed by atoms with Crippen molar-refractivity contribution in [2.75, 3.05) is 13.7 Å². The second kappa shape index (κ2) is 12.2. The molecule has 0 unspecified atom stereocenters. The fourth-order valence-corrected chi connectivity index (χ4v) is 2.84. The summed E-state index contributed by atoms with van der Waals surface area (Å²) < 4.78 is 15.8. The maximum Gasteiger partial charge on any atom is 0.336 e. The van der Waals surface area contributed by atoms with Crippen LogP contribution in [0.1, 0.15) is 16.7 Å². The van der Waals surface area contributed by atoms with Gasteiger partial charge in [-0.15, -0.1) is 0 Å². The van der Waals surface area contributed by atoms with Gasteiger partial charge in [-0.1, -0.05) is 23.7 Å². The molecule has 3 aromatic rings. The van der Waals surface area contributed by atoms with Crippen LogP contribution in [0.5, 0.6) is 17.2 Å². The number of ether oxygens (including phenoxy) is 3. The van der Waals surface area contributed by atoms with Crippen molar-refractivity contribution >= 4 is 35.8 Å². The number of amides is 1. The molecular formula is C26H23ClN2O5. The first-order valence-corrected chi connectivity index (χ1v) is 10.7. The number of nitrogens with zero attached hydrogens (tertiary/aromatic N) is 1. The molecule has 0 spiro atoms. The van der Waals surface area contributed by atoms with E-state index in [1.807, 2.05) is 19.1 Å². The molecule has 0 aliphatic carbocycles. The maximum absolute atomic E-state index is 12.0. The Morgan fingerprint density at radius 2 is 1.59 bits per heavy atom. The summed E-state index contributed by atoms with van der Waals surface area (Å²) in [5.74, 6) is 0.768. The summed E-state index contributed by atoms with van der Waals surface area (Å²) in [5, 5.41) is 4.53. The van der Waals surface area contributed by atoms with Crippen LogP contribution in [0, 0.1) is 6.92 Å². The molecule has 0 saturated heterocycles. The summed E-state index contributed by atoms with van der Waals surface area (Å²) in [7, 11) is 1.59. The number of carbonyl (C=O) groups is 2. The van der Waals surface area contributed by atoms with Crippen LogP contribution < -0.4 is 19.6 Å². The Balaban J connectivity index is 1.43. The summed E-state index contributed by atoms with van der Waals surface area (Å²) in [5.41, 5.74) is 4.81. The zero-order chi connectivity index (χ0) is 24.3. The quantitative estimate of drug-likeness (QED) is 0.157. The van der Waals surface area contributed by atoms with Crippen LogP contribution in [-0.4, -0.2) is 31.8 Å². The Kier molecular flexibility index (Phi) is 8.82. The van der Waals surface area contributed by atoms with Gasteiger partial charge in [0, 0.05) is 11.1 Å². The minimum Gasteiger partial charge on any atom is -0.497 e. The predicted octanol–water partition coefficient (Wildman–Crippen LogP) is 4.80. The number of aryl methyl sites for hydroxylation is 1. The van der Waals surface area contributed by atoms with Gasteiger partial charge in [0.25, 0.3) is 5.91 Å². The van der Waals surface area contributed by atoms with Crippen LogP contribution in [0.25, 0.3) is 6.08 Å². The van der Waals surface area contributed by atoms with Crippen LogP contribution in [0.4, 0.5) is 0 Å². The Bertz CT molecular complexity index is 1190. The number of hydrogen-bond donors (Lipinski definition) is 1. The van der Waals surface area contributed by atoms with Crippen molar-refractivity contribution < 1.29 is 23.8 Å². The van der Waals surface area contributed by atoms with Gasteiger partial charge in [0.15, 0.2) is 6.61 Å². The number of esters is 1. The number of benzene rings is 3. The van der Waals surface area contributed by atoms with E-state index in [-0.39, 0.29) is 6.61 Å². The number of hydrogen-bond acceptors (Lipinski definition) is 6. The number of nitrogens with one attached hydrogen (secondary N) is 1. The van der Waals surface area contributed by atoms with Crippen molar-refractivity contribution in [3.8, 4) is 17.2 Å². The molecule has 174 valence electrons. The van der Waals surface area contributed by atoms with E-state index in [4.69, 9.17) is 25.8 Å². The van der Waals surface area contributed by atoms with Gasteiger partial charge in [-0.25, -0.2) is 10.2 Å².